The van der Waals surface area contributed by atoms with Gasteiger partial charge in [0.25, 0.3) is 0 Å². The fraction of sp³-hybridized carbons (Fsp3) is 0.409. The van der Waals surface area contributed by atoms with Gasteiger partial charge in [0.05, 0.1) is 0 Å². The molecule has 6 rings (SSSR count). The van der Waals surface area contributed by atoms with Gasteiger partial charge in [-0.2, -0.15) is 0 Å². The van der Waals surface area contributed by atoms with Gasteiger partial charge in [0.15, 0.2) is 0 Å². The summed E-state index contributed by atoms with van der Waals surface area (Å²) < 4.78 is 18.1. The molecule has 0 aliphatic carbocycles. The van der Waals surface area contributed by atoms with Crippen LogP contribution in [0.4, 0.5) is 0 Å². The van der Waals surface area contributed by atoms with Gasteiger partial charge in [-0.15, -0.1) is 0 Å². The molecule has 0 aromatic heterocycles. The molecule has 5 nitrogen and oxygen atoms in total. The third-order valence-electron chi connectivity index (χ3n) is 9.74. The van der Waals surface area contributed by atoms with Gasteiger partial charge in [-0.1, -0.05) is 132 Å². The Morgan fingerprint density at radius 1 is 0.469 bits per heavy atom. The second-order valence-electron chi connectivity index (χ2n) is 17.8. The largest absolute Gasteiger partial charge is 0.457 e. The standard InChI is InChI=1S/C44H50O5/c1-41(2,3)27-21-31-35(39(45)48-37(31)33(23-27)43(7,8)9)25-13-17-29(18-14-25)47-30-19-15-26(16-20-30)36-32-22-28(42(4,5)6)24-34(44(10,11)12)38(32)49-40(36)46/h13-24,35-36H,1-12H3/t35-,36?/m1/s1. The average molecular weight is 659 g/mol. The fourth-order valence-electron chi connectivity index (χ4n) is 6.74. The van der Waals surface area contributed by atoms with Gasteiger partial charge in [0.2, 0.25) is 0 Å². The fourth-order valence-corrected chi connectivity index (χ4v) is 6.74. The van der Waals surface area contributed by atoms with Crippen molar-refractivity contribution in [2.24, 2.45) is 0 Å². The highest BCUT2D eigenvalue weighted by molar-refractivity contribution is 5.91. The van der Waals surface area contributed by atoms with E-state index in [9.17, 15) is 9.59 Å². The minimum absolute atomic E-state index is 0.0787. The molecule has 0 saturated heterocycles. The molecule has 256 valence electrons. The van der Waals surface area contributed by atoms with E-state index in [-0.39, 0.29) is 33.6 Å². The number of hydrogen-bond acceptors (Lipinski definition) is 5. The molecule has 1 unspecified atom stereocenters. The summed E-state index contributed by atoms with van der Waals surface area (Å²) in [5.41, 5.74) is 7.50. The minimum atomic E-state index is -0.502. The second-order valence-corrected chi connectivity index (χ2v) is 17.8. The first-order chi connectivity index (χ1) is 22.6. The predicted octanol–water partition coefficient (Wildman–Crippen LogP) is 10.8. The van der Waals surface area contributed by atoms with Crippen LogP contribution in [-0.2, 0) is 31.2 Å². The summed E-state index contributed by atoms with van der Waals surface area (Å²) >= 11 is 0. The Balaban J connectivity index is 1.26. The second kappa shape index (κ2) is 11.6. The van der Waals surface area contributed by atoms with Crippen molar-refractivity contribution in [3.8, 4) is 23.0 Å². The Labute approximate surface area is 292 Å². The van der Waals surface area contributed by atoms with E-state index in [1.807, 2.05) is 48.5 Å². The number of fused-ring (bicyclic) bond motifs is 2. The number of benzene rings is 4. The first-order valence-corrected chi connectivity index (χ1v) is 17.3. The predicted molar refractivity (Wildman–Crippen MR) is 196 cm³/mol. The summed E-state index contributed by atoms with van der Waals surface area (Å²) in [6.45, 7) is 26.1. The van der Waals surface area contributed by atoms with Crippen molar-refractivity contribution in [2.75, 3.05) is 0 Å². The summed E-state index contributed by atoms with van der Waals surface area (Å²) in [4.78, 5) is 26.7. The van der Waals surface area contributed by atoms with Crippen molar-refractivity contribution < 1.29 is 23.8 Å². The van der Waals surface area contributed by atoms with E-state index < -0.39 is 11.8 Å². The summed E-state index contributed by atoms with van der Waals surface area (Å²) in [7, 11) is 0. The maximum absolute atomic E-state index is 13.3. The smallest absolute Gasteiger partial charge is 0.323 e. The molecule has 49 heavy (non-hydrogen) atoms. The molecule has 0 saturated carbocycles. The van der Waals surface area contributed by atoms with Gasteiger partial charge in [0.1, 0.15) is 34.8 Å². The van der Waals surface area contributed by atoms with E-state index in [0.29, 0.717) is 23.0 Å². The third kappa shape index (κ3) is 6.52. The van der Waals surface area contributed by atoms with E-state index in [0.717, 1.165) is 33.4 Å². The van der Waals surface area contributed by atoms with E-state index in [4.69, 9.17) is 14.2 Å². The summed E-state index contributed by atoms with van der Waals surface area (Å²) in [5.74, 6) is 1.16. The number of esters is 2. The molecule has 0 radical (unpaired) electrons. The van der Waals surface area contributed by atoms with Gasteiger partial charge in [0, 0.05) is 22.3 Å². The van der Waals surface area contributed by atoms with E-state index in [2.05, 4.69) is 107 Å². The van der Waals surface area contributed by atoms with Gasteiger partial charge in [-0.05, 0) is 68.2 Å². The van der Waals surface area contributed by atoms with Crippen molar-refractivity contribution in [1.29, 1.82) is 0 Å². The summed E-state index contributed by atoms with van der Waals surface area (Å²) in [5, 5.41) is 0. The number of rotatable bonds is 4. The number of carbonyl (C=O) groups excluding carboxylic acids is 2. The summed E-state index contributed by atoms with van der Waals surface area (Å²) in [6.07, 6.45) is 0. The minimum Gasteiger partial charge on any atom is -0.457 e. The Morgan fingerprint density at radius 3 is 1.08 bits per heavy atom. The van der Waals surface area contributed by atoms with Crippen LogP contribution in [0.2, 0.25) is 0 Å². The highest BCUT2D eigenvalue weighted by atomic mass is 16.5. The third-order valence-corrected chi connectivity index (χ3v) is 9.74. The molecule has 0 bridgehead atoms. The Morgan fingerprint density at radius 2 is 0.796 bits per heavy atom. The lowest BCUT2D eigenvalue weighted by atomic mass is 9.77. The maximum atomic E-state index is 13.3. The average Bonchev–Trinajstić information content (AvgIpc) is 3.50. The zero-order valence-corrected chi connectivity index (χ0v) is 31.1. The molecule has 2 atom stereocenters. The first-order valence-electron chi connectivity index (χ1n) is 17.3. The molecular formula is C44H50O5. The number of carbonyl (C=O) groups is 2. The Hall–Kier alpha value is -4.38. The van der Waals surface area contributed by atoms with Crippen LogP contribution in [0.15, 0.2) is 72.8 Å². The highest BCUT2D eigenvalue weighted by Gasteiger charge is 2.41. The first kappa shape index (κ1) is 34.5. The van der Waals surface area contributed by atoms with Gasteiger partial charge >= 0.3 is 11.9 Å². The molecule has 2 aliphatic rings. The van der Waals surface area contributed by atoms with Crippen LogP contribution in [0.5, 0.6) is 23.0 Å². The zero-order valence-electron chi connectivity index (χ0n) is 31.1. The molecule has 4 aromatic rings. The van der Waals surface area contributed by atoms with Crippen LogP contribution in [0.3, 0.4) is 0 Å². The Kier molecular flexibility index (Phi) is 8.17. The molecule has 4 aromatic carbocycles. The van der Waals surface area contributed by atoms with Crippen LogP contribution in [0.25, 0.3) is 0 Å². The van der Waals surface area contributed by atoms with Crippen LogP contribution >= 0.6 is 0 Å². The van der Waals surface area contributed by atoms with Crippen molar-refractivity contribution in [2.45, 2.75) is 117 Å². The van der Waals surface area contributed by atoms with Gasteiger partial charge in [-0.25, -0.2) is 0 Å². The van der Waals surface area contributed by atoms with Crippen molar-refractivity contribution >= 4 is 11.9 Å². The van der Waals surface area contributed by atoms with Crippen molar-refractivity contribution in [3.05, 3.63) is 117 Å². The van der Waals surface area contributed by atoms with Crippen molar-refractivity contribution in [3.63, 3.8) is 0 Å². The lowest BCUT2D eigenvalue weighted by Gasteiger charge is -2.27. The van der Waals surface area contributed by atoms with E-state index in [1.165, 1.54) is 11.1 Å². The molecule has 2 aliphatic heterocycles. The van der Waals surface area contributed by atoms with Crippen LogP contribution < -0.4 is 14.2 Å². The molecule has 0 amide bonds. The highest BCUT2D eigenvalue weighted by Crippen LogP contribution is 2.49. The van der Waals surface area contributed by atoms with E-state index >= 15 is 0 Å². The molecule has 2 heterocycles. The molecule has 0 fully saturated rings. The monoisotopic (exact) mass is 658 g/mol. The zero-order chi connectivity index (χ0) is 35.8. The Bertz CT molecular complexity index is 1790. The number of ether oxygens (including phenoxy) is 3. The summed E-state index contributed by atoms with van der Waals surface area (Å²) in [6, 6.07) is 24.0. The van der Waals surface area contributed by atoms with E-state index in [1.54, 1.807) is 0 Å². The SMILES string of the molecule is CC(C)(C)c1cc2c(c(C(C)(C)C)c1)OC(=O)C2c1ccc(Oc2ccc([C@H]3C(=O)Oc4c3cc(C(C)(C)C)cc4C(C)(C)C)cc2)cc1. The molecular weight excluding hydrogens is 608 g/mol. The lowest BCUT2D eigenvalue weighted by Crippen LogP contribution is -2.17. The van der Waals surface area contributed by atoms with Crippen LogP contribution in [0.1, 0.15) is 139 Å². The van der Waals surface area contributed by atoms with Crippen LogP contribution in [-0.4, -0.2) is 11.9 Å². The number of hydrogen-bond donors (Lipinski definition) is 0. The molecule has 0 N–H and O–H groups in total. The maximum Gasteiger partial charge on any atom is 0.323 e. The topological polar surface area (TPSA) is 61.8 Å². The molecule has 5 heteroatoms. The van der Waals surface area contributed by atoms with Crippen LogP contribution in [0, 0.1) is 0 Å². The quantitative estimate of drug-likeness (QED) is 0.161. The van der Waals surface area contributed by atoms with Gasteiger partial charge < -0.3 is 14.2 Å². The van der Waals surface area contributed by atoms with Crippen molar-refractivity contribution in [1.82, 2.24) is 0 Å². The normalized spacial score (nSPS) is 17.8. The lowest BCUT2D eigenvalue weighted by molar-refractivity contribution is -0.134. The molecule has 0 spiro atoms. The van der Waals surface area contributed by atoms with Gasteiger partial charge in [-0.3, -0.25) is 9.59 Å².